The normalized spacial score (nSPS) is 13.5. The molecule has 0 aliphatic rings. The van der Waals surface area contributed by atoms with Crippen LogP contribution in [0.4, 0.5) is 0 Å². The Kier molecular flexibility index (Phi) is 5.22. The largest absolute Gasteiger partial charge is 0.361 e. The van der Waals surface area contributed by atoms with Crippen molar-refractivity contribution in [3.63, 3.8) is 0 Å². The second-order valence-electron chi connectivity index (χ2n) is 8.49. The van der Waals surface area contributed by atoms with Crippen LogP contribution < -0.4 is 11.2 Å². The van der Waals surface area contributed by atoms with Crippen LogP contribution in [-0.2, 0) is 0 Å². The van der Waals surface area contributed by atoms with Gasteiger partial charge in [0.15, 0.2) is 0 Å². The van der Waals surface area contributed by atoms with E-state index in [0.29, 0.717) is 15.9 Å². The van der Waals surface area contributed by atoms with Crippen LogP contribution in [0.1, 0.15) is 42.6 Å². The van der Waals surface area contributed by atoms with Gasteiger partial charge in [-0.2, -0.15) is 0 Å². The number of rotatable bonds is 4. The minimum atomic E-state index is -0.449. The number of fused-ring (bicyclic) bond motifs is 2. The second kappa shape index (κ2) is 8.09. The lowest BCUT2D eigenvalue weighted by Gasteiger charge is -2.23. The maximum Gasteiger partial charge on any atom is 0.332 e. The van der Waals surface area contributed by atoms with Crippen LogP contribution in [0, 0.1) is 6.92 Å². The average Bonchev–Trinajstić information content (AvgIpc) is 3.25. The number of nitrogens with zero attached hydrogens (tertiary/aromatic N) is 2. The predicted octanol–water partition coefficient (Wildman–Crippen LogP) is 5.82. The maximum atomic E-state index is 13.9. The lowest BCUT2D eigenvalue weighted by Crippen LogP contribution is -2.43. The molecule has 2 heterocycles. The summed E-state index contributed by atoms with van der Waals surface area (Å²) in [5, 5.41) is 2.23. The van der Waals surface area contributed by atoms with E-state index in [-0.39, 0.29) is 17.3 Å². The lowest BCUT2D eigenvalue weighted by atomic mass is 10.0. The Balaban J connectivity index is 1.79. The van der Waals surface area contributed by atoms with Gasteiger partial charge in [-0.25, -0.2) is 4.79 Å². The van der Waals surface area contributed by atoms with E-state index in [0.717, 1.165) is 27.6 Å². The fourth-order valence-corrected chi connectivity index (χ4v) is 4.90. The Bertz CT molecular complexity index is 1610. The third-order valence-corrected chi connectivity index (χ3v) is 6.80. The van der Waals surface area contributed by atoms with Crippen molar-refractivity contribution in [2.24, 2.45) is 0 Å². The Morgan fingerprint density at radius 2 is 1.58 bits per heavy atom. The first-order valence-electron chi connectivity index (χ1n) is 11.0. The number of para-hydroxylation sites is 1. The van der Waals surface area contributed by atoms with E-state index < -0.39 is 6.04 Å². The first kappa shape index (κ1) is 21.3. The summed E-state index contributed by atoms with van der Waals surface area (Å²) in [4.78, 5) is 30.7. The molecule has 2 atom stereocenters. The molecular weight excluding hydrogens is 434 g/mol. The third kappa shape index (κ3) is 3.40. The zero-order valence-electron chi connectivity index (χ0n) is 18.7. The molecule has 3 aromatic carbocycles. The molecule has 0 aliphatic heterocycles. The van der Waals surface area contributed by atoms with Gasteiger partial charge >= 0.3 is 5.69 Å². The van der Waals surface area contributed by atoms with Crippen molar-refractivity contribution in [2.45, 2.75) is 32.9 Å². The number of nitrogens with one attached hydrogen (secondary N) is 1. The quantitative estimate of drug-likeness (QED) is 0.369. The second-order valence-corrected chi connectivity index (χ2v) is 8.93. The molecule has 0 saturated heterocycles. The highest BCUT2D eigenvalue weighted by atomic mass is 35.5. The molecule has 0 fully saturated rings. The average molecular weight is 458 g/mol. The number of H-pyrrole nitrogens is 1. The van der Waals surface area contributed by atoms with Gasteiger partial charge in [0, 0.05) is 27.7 Å². The Morgan fingerprint density at radius 1 is 0.848 bits per heavy atom. The number of aromatic amines is 1. The zero-order chi connectivity index (χ0) is 23.3. The molecule has 0 radical (unpaired) electrons. The maximum absolute atomic E-state index is 13.9. The summed E-state index contributed by atoms with van der Waals surface area (Å²) < 4.78 is 3.09. The number of benzene rings is 3. The molecule has 0 spiro atoms. The predicted molar refractivity (Wildman–Crippen MR) is 135 cm³/mol. The van der Waals surface area contributed by atoms with Gasteiger partial charge < -0.3 is 4.98 Å². The molecule has 2 aromatic heterocycles. The molecule has 6 heteroatoms. The SMILES string of the molecule is Cc1cccc2[nH]cc(C(C)n3c(=O)n(C(C)c4ccc(Cl)cc4)c(=O)c4ccccc43)c12. The first-order chi connectivity index (χ1) is 15.9. The fraction of sp³-hybridized carbons (Fsp3) is 0.185. The van der Waals surface area contributed by atoms with Crippen LogP contribution in [0.25, 0.3) is 21.8 Å². The van der Waals surface area contributed by atoms with E-state index >= 15 is 0 Å². The molecule has 0 aliphatic carbocycles. The highest BCUT2D eigenvalue weighted by Gasteiger charge is 2.23. The topological polar surface area (TPSA) is 59.8 Å². The minimum Gasteiger partial charge on any atom is -0.361 e. The van der Waals surface area contributed by atoms with Crippen molar-refractivity contribution in [3.05, 3.63) is 115 Å². The number of aryl methyl sites for hydroxylation is 1. The van der Waals surface area contributed by atoms with Gasteiger partial charge in [-0.05, 0) is 62.2 Å². The number of aromatic nitrogens is 3. The molecule has 1 N–H and O–H groups in total. The summed E-state index contributed by atoms with van der Waals surface area (Å²) in [5.41, 5.74) is 4.01. The molecule has 5 nitrogen and oxygen atoms in total. The van der Waals surface area contributed by atoms with Gasteiger partial charge in [-0.1, -0.05) is 48.0 Å². The monoisotopic (exact) mass is 457 g/mol. The molecule has 166 valence electrons. The fourth-order valence-electron chi connectivity index (χ4n) is 4.77. The molecule has 0 amide bonds. The Labute approximate surface area is 195 Å². The molecular formula is C27H24ClN3O2. The smallest absolute Gasteiger partial charge is 0.332 e. The summed E-state index contributed by atoms with van der Waals surface area (Å²) in [6.07, 6.45) is 1.96. The van der Waals surface area contributed by atoms with Crippen LogP contribution in [0.3, 0.4) is 0 Å². The third-order valence-electron chi connectivity index (χ3n) is 6.55. The lowest BCUT2D eigenvalue weighted by molar-refractivity contribution is 0.520. The first-order valence-corrected chi connectivity index (χ1v) is 11.3. The van der Waals surface area contributed by atoms with Crippen molar-refractivity contribution in [3.8, 4) is 0 Å². The van der Waals surface area contributed by atoms with Crippen LogP contribution in [0.2, 0.25) is 5.02 Å². The molecule has 33 heavy (non-hydrogen) atoms. The van der Waals surface area contributed by atoms with E-state index in [4.69, 9.17) is 11.6 Å². The van der Waals surface area contributed by atoms with Crippen LogP contribution in [0.15, 0.2) is 82.5 Å². The Hall–Kier alpha value is -3.57. The van der Waals surface area contributed by atoms with E-state index in [1.807, 2.05) is 62.5 Å². The van der Waals surface area contributed by atoms with Crippen molar-refractivity contribution >= 4 is 33.4 Å². The molecule has 5 rings (SSSR count). The molecule has 5 aromatic rings. The van der Waals surface area contributed by atoms with Crippen LogP contribution in [-0.4, -0.2) is 14.1 Å². The van der Waals surface area contributed by atoms with Gasteiger partial charge in [0.05, 0.1) is 23.0 Å². The molecule has 0 saturated carbocycles. The van der Waals surface area contributed by atoms with E-state index in [9.17, 15) is 9.59 Å². The number of hydrogen-bond donors (Lipinski definition) is 1. The zero-order valence-corrected chi connectivity index (χ0v) is 19.4. The van der Waals surface area contributed by atoms with Crippen molar-refractivity contribution in [1.82, 2.24) is 14.1 Å². The van der Waals surface area contributed by atoms with Crippen LogP contribution in [0.5, 0.6) is 0 Å². The van der Waals surface area contributed by atoms with Crippen molar-refractivity contribution < 1.29 is 0 Å². The van der Waals surface area contributed by atoms with Gasteiger partial charge in [0.2, 0.25) is 0 Å². The summed E-state index contributed by atoms with van der Waals surface area (Å²) in [6.45, 7) is 5.94. The van der Waals surface area contributed by atoms with E-state index in [1.54, 1.807) is 22.8 Å². The van der Waals surface area contributed by atoms with Crippen molar-refractivity contribution in [2.75, 3.05) is 0 Å². The highest BCUT2D eigenvalue weighted by Crippen LogP contribution is 2.30. The van der Waals surface area contributed by atoms with Gasteiger partial charge in [0.25, 0.3) is 5.56 Å². The van der Waals surface area contributed by atoms with Crippen LogP contribution >= 0.6 is 11.6 Å². The molecule has 0 bridgehead atoms. The van der Waals surface area contributed by atoms with Gasteiger partial charge in [-0.3, -0.25) is 13.9 Å². The van der Waals surface area contributed by atoms with Gasteiger partial charge in [-0.15, -0.1) is 0 Å². The van der Waals surface area contributed by atoms with E-state index in [1.165, 1.54) is 4.57 Å². The number of halogens is 1. The standard InChI is InChI=1S/C27H24ClN3O2/c1-16-7-6-9-23-25(16)22(15-29-23)18(3)30-24-10-5-4-8-21(24)26(32)31(27(30)33)17(2)19-11-13-20(28)14-12-19/h4-15,17-18,29H,1-3H3. The Morgan fingerprint density at radius 3 is 2.33 bits per heavy atom. The summed E-state index contributed by atoms with van der Waals surface area (Å²) in [6, 6.07) is 19.9. The minimum absolute atomic E-state index is 0.290. The van der Waals surface area contributed by atoms with Gasteiger partial charge in [0.1, 0.15) is 0 Å². The number of hydrogen-bond acceptors (Lipinski definition) is 2. The summed E-state index contributed by atoms with van der Waals surface area (Å²) in [7, 11) is 0. The summed E-state index contributed by atoms with van der Waals surface area (Å²) in [5.74, 6) is 0. The molecule has 2 unspecified atom stereocenters. The van der Waals surface area contributed by atoms with Crippen molar-refractivity contribution in [1.29, 1.82) is 0 Å². The van der Waals surface area contributed by atoms with E-state index in [2.05, 4.69) is 18.0 Å². The summed E-state index contributed by atoms with van der Waals surface area (Å²) >= 11 is 6.05. The highest BCUT2D eigenvalue weighted by molar-refractivity contribution is 6.30.